The van der Waals surface area contributed by atoms with Crippen molar-refractivity contribution < 1.29 is 14.4 Å². The van der Waals surface area contributed by atoms with Crippen molar-refractivity contribution in [1.29, 1.82) is 5.26 Å². The fourth-order valence-corrected chi connectivity index (χ4v) is 6.15. The number of benzene rings is 2. The van der Waals surface area contributed by atoms with Gasteiger partial charge in [0.15, 0.2) is 0 Å². The molecular weight excluding hydrogens is 446 g/mol. The van der Waals surface area contributed by atoms with Gasteiger partial charge in [-0.3, -0.25) is 19.3 Å². The summed E-state index contributed by atoms with van der Waals surface area (Å²) in [6.07, 6.45) is 2.90. The molecule has 0 bridgehead atoms. The Bertz CT molecular complexity index is 1300. The second-order valence-corrected chi connectivity index (χ2v) is 9.99. The maximum atomic E-state index is 13.6. The molecule has 170 valence electrons. The topological polar surface area (TPSA) is 90.3 Å². The summed E-state index contributed by atoms with van der Waals surface area (Å²) < 4.78 is 0. The van der Waals surface area contributed by atoms with Crippen molar-refractivity contribution >= 4 is 34.1 Å². The van der Waals surface area contributed by atoms with Crippen molar-refractivity contribution in [3.63, 3.8) is 0 Å². The number of thiophene rings is 1. The molecule has 1 N–H and O–H groups in total. The van der Waals surface area contributed by atoms with Crippen molar-refractivity contribution in [2.24, 2.45) is 5.92 Å². The van der Waals surface area contributed by atoms with Crippen LogP contribution in [-0.4, -0.2) is 28.7 Å². The predicted molar refractivity (Wildman–Crippen MR) is 130 cm³/mol. The summed E-state index contributed by atoms with van der Waals surface area (Å²) in [6.45, 7) is 2.19. The summed E-state index contributed by atoms with van der Waals surface area (Å²) in [5.41, 5.74) is 2.95. The second kappa shape index (κ2) is 8.88. The van der Waals surface area contributed by atoms with Gasteiger partial charge in [-0.05, 0) is 48.4 Å². The Morgan fingerprint density at radius 3 is 2.41 bits per heavy atom. The molecule has 0 radical (unpaired) electrons. The minimum atomic E-state index is -1.04. The molecule has 7 heteroatoms. The van der Waals surface area contributed by atoms with Crippen molar-refractivity contribution in [1.82, 2.24) is 4.90 Å². The maximum Gasteiger partial charge on any atom is 0.262 e. The number of nitriles is 1. The first-order chi connectivity index (χ1) is 16.5. The summed E-state index contributed by atoms with van der Waals surface area (Å²) in [7, 11) is 0. The highest BCUT2D eigenvalue weighted by molar-refractivity contribution is 7.16. The zero-order chi connectivity index (χ0) is 23.8. The standard InChI is InChI=1S/C27H23N3O3S/c1-16-11-12-18-21(15-28)25(34-23(18)13-16)29-24(31)22(14-17-7-3-2-4-8-17)30-26(32)19-9-5-6-10-20(19)27(30)33/h2-10,16,22H,11-14H2,1H3,(H,29,31)/t16-,22+/m1/s1. The largest absolute Gasteiger partial charge is 0.315 e. The van der Waals surface area contributed by atoms with Crippen molar-refractivity contribution in [3.8, 4) is 6.07 Å². The SMILES string of the molecule is C[C@@H]1CCc2c(sc(NC(=O)[C@H](Cc3ccccc3)N3C(=O)c4ccccc4C3=O)c2C#N)C1. The van der Waals surface area contributed by atoms with E-state index in [0.29, 0.717) is 27.6 Å². The number of rotatable bonds is 5. The molecule has 3 amide bonds. The van der Waals surface area contributed by atoms with E-state index in [1.165, 1.54) is 11.3 Å². The van der Waals surface area contributed by atoms with Crippen molar-refractivity contribution in [2.75, 3.05) is 5.32 Å². The van der Waals surface area contributed by atoms with Crippen LogP contribution >= 0.6 is 11.3 Å². The lowest BCUT2D eigenvalue weighted by atomic mass is 9.88. The Labute approximate surface area is 201 Å². The molecule has 1 aliphatic heterocycles. The normalized spacial score (nSPS) is 17.6. The number of nitrogens with one attached hydrogen (secondary N) is 1. The number of amides is 3. The van der Waals surface area contributed by atoms with E-state index in [1.54, 1.807) is 24.3 Å². The zero-order valence-electron chi connectivity index (χ0n) is 18.7. The van der Waals surface area contributed by atoms with Gasteiger partial charge in [0.1, 0.15) is 17.1 Å². The zero-order valence-corrected chi connectivity index (χ0v) is 19.5. The van der Waals surface area contributed by atoms with Crippen LogP contribution in [0, 0.1) is 17.2 Å². The van der Waals surface area contributed by atoms with Gasteiger partial charge in [-0.25, -0.2) is 0 Å². The van der Waals surface area contributed by atoms with Crippen LogP contribution < -0.4 is 5.32 Å². The molecule has 0 fully saturated rings. The fraction of sp³-hybridized carbons (Fsp3) is 0.259. The fourth-order valence-electron chi connectivity index (χ4n) is 4.78. The molecule has 1 aliphatic carbocycles. The molecule has 34 heavy (non-hydrogen) atoms. The van der Waals surface area contributed by atoms with Gasteiger partial charge in [0.25, 0.3) is 11.8 Å². The third-order valence-electron chi connectivity index (χ3n) is 6.57. The van der Waals surface area contributed by atoms with Crippen LogP contribution in [0.15, 0.2) is 54.6 Å². The van der Waals surface area contributed by atoms with E-state index in [2.05, 4.69) is 18.3 Å². The summed E-state index contributed by atoms with van der Waals surface area (Å²) in [4.78, 5) is 42.2. The molecule has 0 saturated heterocycles. The average Bonchev–Trinajstić information content (AvgIpc) is 3.31. The summed E-state index contributed by atoms with van der Waals surface area (Å²) >= 11 is 1.43. The lowest BCUT2D eigenvalue weighted by Gasteiger charge is -2.25. The number of hydrogen-bond donors (Lipinski definition) is 1. The Morgan fingerprint density at radius 2 is 1.76 bits per heavy atom. The molecule has 1 aromatic heterocycles. The van der Waals surface area contributed by atoms with E-state index < -0.39 is 23.8 Å². The van der Waals surface area contributed by atoms with E-state index in [0.717, 1.165) is 40.2 Å². The Kier molecular flexibility index (Phi) is 5.76. The number of carbonyl (C=O) groups is 3. The van der Waals surface area contributed by atoms with Crippen LogP contribution in [0.25, 0.3) is 0 Å². The molecule has 2 aromatic carbocycles. The van der Waals surface area contributed by atoms with Gasteiger partial charge in [0.05, 0.1) is 16.7 Å². The van der Waals surface area contributed by atoms with E-state index >= 15 is 0 Å². The van der Waals surface area contributed by atoms with E-state index in [1.807, 2.05) is 30.3 Å². The van der Waals surface area contributed by atoms with E-state index in [-0.39, 0.29) is 6.42 Å². The summed E-state index contributed by atoms with van der Waals surface area (Å²) in [5.74, 6) is -0.889. The van der Waals surface area contributed by atoms with Crippen LogP contribution in [0.5, 0.6) is 0 Å². The number of hydrogen-bond acceptors (Lipinski definition) is 5. The van der Waals surface area contributed by atoms with Gasteiger partial charge >= 0.3 is 0 Å². The average molecular weight is 470 g/mol. The van der Waals surface area contributed by atoms with Gasteiger partial charge in [-0.1, -0.05) is 49.4 Å². The third-order valence-corrected chi connectivity index (χ3v) is 7.74. The van der Waals surface area contributed by atoms with Crippen molar-refractivity contribution in [3.05, 3.63) is 87.3 Å². The lowest BCUT2D eigenvalue weighted by Crippen LogP contribution is -2.48. The highest BCUT2D eigenvalue weighted by Crippen LogP contribution is 2.39. The van der Waals surface area contributed by atoms with Gasteiger partial charge in [-0.15, -0.1) is 11.3 Å². The van der Waals surface area contributed by atoms with Gasteiger partial charge in [0, 0.05) is 11.3 Å². The van der Waals surface area contributed by atoms with Gasteiger partial charge in [-0.2, -0.15) is 5.26 Å². The molecule has 2 aliphatic rings. The van der Waals surface area contributed by atoms with Crippen LogP contribution in [0.2, 0.25) is 0 Å². The summed E-state index contributed by atoms with van der Waals surface area (Å²) in [6, 6.07) is 17.2. The van der Waals surface area contributed by atoms with Crippen LogP contribution in [0.1, 0.15) is 55.6 Å². The highest BCUT2D eigenvalue weighted by Gasteiger charge is 2.43. The first-order valence-electron chi connectivity index (χ1n) is 11.3. The molecule has 0 saturated carbocycles. The van der Waals surface area contributed by atoms with Crippen molar-refractivity contribution in [2.45, 2.75) is 38.6 Å². The minimum Gasteiger partial charge on any atom is -0.315 e. The Hall–Kier alpha value is -3.76. The maximum absolute atomic E-state index is 13.6. The molecule has 2 atom stereocenters. The molecule has 2 heterocycles. The minimum absolute atomic E-state index is 0.183. The lowest BCUT2D eigenvalue weighted by molar-refractivity contribution is -0.119. The van der Waals surface area contributed by atoms with Crippen LogP contribution in [0.3, 0.4) is 0 Å². The molecule has 6 nitrogen and oxygen atoms in total. The molecule has 0 spiro atoms. The number of nitrogens with zero attached hydrogens (tertiary/aromatic N) is 2. The molecule has 0 unspecified atom stereocenters. The number of carbonyl (C=O) groups excluding carboxylic acids is 3. The predicted octanol–water partition coefficient (Wildman–Crippen LogP) is 4.59. The molecule has 5 rings (SSSR count). The molecular formula is C27H23N3O3S. The summed E-state index contributed by atoms with van der Waals surface area (Å²) in [5, 5.41) is 13.2. The first-order valence-corrected chi connectivity index (χ1v) is 12.2. The molecule has 3 aromatic rings. The number of fused-ring (bicyclic) bond motifs is 2. The Morgan fingerprint density at radius 1 is 1.12 bits per heavy atom. The highest BCUT2D eigenvalue weighted by atomic mass is 32.1. The number of imide groups is 1. The monoisotopic (exact) mass is 469 g/mol. The first kappa shape index (κ1) is 22.1. The number of anilines is 1. The van der Waals surface area contributed by atoms with Crippen LogP contribution in [-0.2, 0) is 24.1 Å². The van der Waals surface area contributed by atoms with Crippen LogP contribution in [0.4, 0.5) is 5.00 Å². The quantitative estimate of drug-likeness (QED) is 0.554. The van der Waals surface area contributed by atoms with E-state index in [4.69, 9.17) is 0 Å². The smallest absolute Gasteiger partial charge is 0.262 e. The van der Waals surface area contributed by atoms with Gasteiger partial charge in [0.2, 0.25) is 5.91 Å². The van der Waals surface area contributed by atoms with E-state index in [9.17, 15) is 19.6 Å². The van der Waals surface area contributed by atoms with Gasteiger partial charge < -0.3 is 5.32 Å². The second-order valence-electron chi connectivity index (χ2n) is 8.89. The Balaban J connectivity index is 1.50. The third kappa shape index (κ3) is 3.80.